The number of nitrogens with zero attached hydrogens (tertiary/aromatic N) is 3. The lowest BCUT2D eigenvalue weighted by molar-refractivity contribution is -0.116. The summed E-state index contributed by atoms with van der Waals surface area (Å²) in [4.78, 5) is 57.1. The molecule has 1 fully saturated rings. The van der Waals surface area contributed by atoms with Crippen molar-refractivity contribution in [3.05, 3.63) is 66.9 Å². The Bertz CT molecular complexity index is 1330. The third kappa shape index (κ3) is 4.33. The van der Waals surface area contributed by atoms with Crippen LogP contribution in [0, 0.1) is 0 Å². The molecule has 1 aromatic carbocycles. The molecule has 2 amide bonds. The van der Waals surface area contributed by atoms with Gasteiger partial charge < -0.3 is 10.2 Å². The Morgan fingerprint density at radius 2 is 1.97 bits per heavy atom. The molecule has 31 heavy (non-hydrogen) atoms. The Balaban J connectivity index is 1.53. The molecular weight excluding hydrogens is 445 g/mol. The number of benzene rings is 1. The maximum absolute atomic E-state index is 12.8. The van der Waals surface area contributed by atoms with Crippen LogP contribution in [0.4, 0.5) is 5.69 Å². The summed E-state index contributed by atoms with van der Waals surface area (Å²) in [5, 5.41) is 3.43. The molecular formula is C20H17Cl2N5O4. The zero-order chi connectivity index (χ0) is 22.3. The van der Waals surface area contributed by atoms with Crippen molar-refractivity contribution in [2.24, 2.45) is 0 Å². The fourth-order valence-electron chi connectivity index (χ4n) is 3.21. The lowest BCUT2D eigenvalue weighted by Gasteiger charge is -2.17. The van der Waals surface area contributed by atoms with E-state index in [0.29, 0.717) is 15.7 Å². The van der Waals surface area contributed by atoms with E-state index in [-0.39, 0.29) is 29.2 Å². The number of hydrogen-bond donors (Lipinski definition) is 2. The van der Waals surface area contributed by atoms with Crippen LogP contribution in [0.3, 0.4) is 0 Å². The molecule has 11 heteroatoms. The molecule has 2 aromatic heterocycles. The number of carbonyl (C=O) groups is 2. The number of nitrogens with one attached hydrogen (secondary N) is 2. The summed E-state index contributed by atoms with van der Waals surface area (Å²) in [6.45, 7) is -0.241. The second kappa shape index (κ2) is 8.16. The van der Waals surface area contributed by atoms with Crippen LogP contribution < -0.4 is 16.6 Å². The largest absolute Gasteiger partial charge is 0.332 e. The SMILES string of the molecule is CN(CC(=O)Nc1ccc(Cl)c(Cl)c1)C(=O)c1cnc2c(c1)c(=O)[nH]c(=O)n2C1CC1. The quantitative estimate of drug-likeness (QED) is 0.604. The van der Waals surface area contributed by atoms with Gasteiger partial charge in [-0.25, -0.2) is 9.78 Å². The van der Waals surface area contributed by atoms with Gasteiger partial charge in [0, 0.05) is 25.0 Å². The molecule has 9 nitrogen and oxygen atoms in total. The van der Waals surface area contributed by atoms with E-state index in [1.807, 2.05) is 0 Å². The van der Waals surface area contributed by atoms with Gasteiger partial charge >= 0.3 is 5.69 Å². The average molecular weight is 462 g/mol. The Hall–Kier alpha value is -3.17. The minimum atomic E-state index is -0.612. The van der Waals surface area contributed by atoms with Gasteiger partial charge in [-0.3, -0.25) is 23.9 Å². The number of anilines is 1. The van der Waals surface area contributed by atoms with E-state index in [1.54, 1.807) is 12.1 Å². The van der Waals surface area contributed by atoms with Gasteiger partial charge in [-0.2, -0.15) is 0 Å². The summed E-state index contributed by atoms with van der Waals surface area (Å²) in [6.07, 6.45) is 2.97. The molecule has 0 spiro atoms. The first-order valence-electron chi connectivity index (χ1n) is 9.39. The molecule has 2 N–H and O–H groups in total. The maximum Gasteiger partial charge on any atom is 0.330 e. The number of amides is 2. The van der Waals surface area contributed by atoms with E-state index in [0.717, 1.165) is 12.8 Å². The molecule has 0 atom stereocenters. The fraction of sp³-hybridized carbons (Fsp3) is 0.250. The molecule has 160 valence electrons. The number of aromatic nitrogens is 3. The maximum atomic E-state index is 12.8. The van der Waals surface area contributed by atoms with Gasteiger partial charge in [0.25, 0.3) is 11.5 Å². The molecule has 3 aromatic rings. The van der Waals surface area contributed by atoms with Gasteiger partial charge in [-0.15, -0.1) is 0 Å². The predicted molar refractivity (Wildman–Crippen MR) is 117 cm³/mol. The number of hydrogen-bond acceptors (Lipinski definition) is 5. The third-order valence-corrected chi connectivity index (χ3v) is 5.61. The highest BCUT2D eigenvalue weighted by Crippen LogP contribution is 2.34. The summed E-state index contributed by atoms with van der Waals surface area (Å²) in [7, 11) is 1.45. The zero-order valence-corrected chi connectivity index (χ0v) is 17.8. The van der Waals surface area contributed by atoms with Crippen LogP contribution in [0.2, 0.25) is 10.0 Å². The summed E-state index contributed by atoms with van der Waals surface area (Å²) < 4.78 is 1.44. The number of carbonyl (C=O) groups excluding carboxylic acids is 2. The van der Waals surface area contributed by atoms with Gasteiger partial charge in [-0.05, 0) is 37.1 Å². The monoisotopic (exact) mass is 461 g/mol. The number of pyridine rings is 1. The van der Waals surface area contributed by atoms with Crippen molar-refractivity contribution in [1.29, 1.82) is 0 Å². The Labute approximate surface area is 185 Å². The molecule has 1 aliphatic carbocycles. The van der Waals surface area contributed by atoms with Crippen molar-refractivity contribution >= 4 is 51.7 Å². The van der Waals surface area contributed by atoms with Crippen LogP contribution in [0.15, 0.2) is 40.1 Å². The molecule has 0 radical (unpaired) electrons. The van der Waals surface area contributed by atoms with Crippen LogP contribution >= 0.6 is 23.2 Å². The van der Waals surface area contributed by atoms with Crippen LogP contribution in [0.25, 0.3) is 11.0 Å². The van der Waals surface area contributed by atoms with E-state index >= 15 is 0 Å². The number of fused-ring (bicyclic) bond motifs is 1. The second-order valence-corrected chi connectivity index (χ2v) is 8.11. The van der Waals surface area contributed by atoms with Gasteiger partial charge in [0.1, 0.15) is 5.65 Å². The van der Waals surface area contributed by atoms with Gasteiger partial charge in [-0.1, -0.05) is 23.2 Å². The highest BCUT2D eigenvalue weighted by Gasteiger charge is 2.28. The molecule has 2 heterocycles. The highest BCUT2D eigenvalue weighted by atomic mass is 35.5. The molecule has 0 unspecified atom stereocenters. The zero-order valence-electron chi connectivity index (χ0n) is 16.3. The van der Waals surface area contributed by atoms with Crippen molar-refractivity contribution < 1.29 is 9.59 Å². The molecule has 0 bridgehead atoms. The van der Waals surface area contributed by atoms with Crippen LogP contribution in [-0.4, -0.2) is 44.8 Å². The molecule has 4 rings (SSSR count). The fourth-order valence-corrected chi connectivity index (χ4v) is 3.51. The standard InChI is InChI=1S/C20H17Cl2N5O4/c1-26(9-16(28)24-11-2-5-14(21)15(22)7-11)19(30)10-6-13-17(23-8-10)27(12-3-4-12)20(31)25-18(13)29/h2,5-8,12H,3-4,9H2,1H3,(H,24,28)(H,25,29,31). The minimum absolute atomic E-state index is 0.00800. The summed E-state index contributed by atoms with van der Waals surface area (Å²) >= 11 is 11.8. The first kappa shape index (κ1) is 21.1. The first-order chi connectivity index (χ1) is 14.7. The van der Waals surface area contributed by atoms with E-state index < -0.39 is 23.1 Å². The Kier molecular flexibility index (Phi) is 5.55. The molecule has 1 saturated carbocycles. The second-order valence-electron chi connectivity index (χ2n) is 7.29. The van der Waals surface area contributed by atoms with Crippen LogP contribution in [0.5, 0.6) is 0 Å². The molecule has 0 saturated heterocycles. The highest BCUT2D eigenvalue weighted by molar-refractivity contribution is 6.42. The van der Waals surface area contributed by atoms with Crippen LogP contribution in [0.1, 0.15) is 29.2 Å². The minimum Gasteiger partial charge on any atom is -0.332 e. The topological polar surface area (TPSA) is 117 Å². The van der Waals surface area contributed by atoms with E-state index in [1.165, 1.54) is 34.8 Å². The summed E-state index contributed by atoms with van der Waals surface area (Å²) in [5.41, 5.74) is -0.310. The number of H-pyrrole nitrogens is 1. The predicted octanol–water partition coefficient (Wildman–Crippen LogP) is 2.44. The van der Waals surface area contributed by atoms with E-state index in [9.17, 15) is 19.2 Å². The third-order valence-electron chi connectivity index (χ3n) is 4.87. The van der Waals surface area contributed by atoms with E-state index in [2.05, 4.69) is 15.3 Å². The molecule has 1 aliphatic rings. The van der Waals surface area contributed by atoms with Crippen molar-refractivity contribution in [3.8, 4) is 0 Å². The Morgan fingerprint density at radius 1 is 1.23 bits per heavy atom. The average Bonchev–Trinajstić information content (AvgIpc) is 3.55. The van der Waals surface area contributed by atoms with Crippen molar-refractivity contribution in [2.45, 2.75) is 18.9 Å². The number of halogens is 2. The van der Waals surface area contributed by atoms with Crippen molar-refractivity contribution in [3.63, 3.8) is 0 Å². The van der Waals surface area contributed by atoms with Crippen LogP contribution in [-0.2, 0) is 4.79 Å². The smallest absolute Gasteiger partial charge is 0.330 e. The summed E-state index contributed by atoms with van der Waals surface area (Å²) in [5.74, 6) is -0.939. The lowest BCUT2D eigenvalue weighted by Crippen LogP contribution is -2.35. The van der Waals surface area contributed by atoms with Crippen molar-refractivity contribution in [1.82, 2.24) is 19.4 Å². The normalized spacial score (nSPS) is 13.3. The summed E-state index contributed by atoms with van der Waals surface area (Å²) in [6, 6.07) is 6.03. The number of rotatable bonds is 5. The lowest BCUT2D eigenvalue weighted by atomic mass is 10.2. The molecule has 0 aliphatic heterocycles. The van der Waals surface area contributed by atoms with Gasteiger partial charge in [0.05, 0.1) is 27.5 Å². The van der Waals surface area contributed by atoms with Crippen molar-refractivity contribution in [2.75, 3.05) is 18.9 Å². The number of likely N-dealkylation sites (N-methyl/N-ethyl adjacent to an activating group) is 1. The van der Waals surface area contributed by atoms with Gasteiger partial charge in [0.2, 0.25) is 5.91 Å². The van der Waals surface area contributed by atoms with E-state index in [4.69, 9.17) is 23.2 Å². The Morgan fingerprint density at radius 3 is 2.65 bits per heavy atom. The number of aromatic amines is 1. The van der Waals surface area contributed by atoms with Gasteiger partial charge in [0.15, 0.2) is 0 Å². The first-order valence-corrected chi connectivity index (χ1v) is 10.1.